The molecule has 0 saturated carbocycles. The van der Waals surface area contributed by atoms with Crippen LogP contribution in [0.3, 0.4) is 0 Å². The summed E-state index contributed by atoms with van der Waals surface area (Å²) in [6, 6.07) is -1.48. The van der Waals surface area contributed by atoms with Crippen LogP contribution in [-0.4, -0.2) is 20.9 Å². The molecule has 0 heterocycles. The van der Waals surface area contributed by atoms with Gasteiger partial charge in [-0.1, -0.05) is 19.4 Å². The van der Waals surface area contributed by atoms with E-state index in [4.69, 9.17) is 5.11 Å². The molecule has 8 nitrogen and oxygen atoms in total. The third kappa shape index (κ3) is 3.33. The topological polar surface area (TPSA) is 124 Å². The molecule has 21 heavy (non-hydrogen) atoms. The molecule has 0 bridgehead atoms. The van der Waals surface area contributed by atoms with Crippen molar-refractivity contribution in [1.82, 2.24) is 0 Å². The number of aromatic carboxylic acids is 1. The minimum Gasteiger partial charge on any atom is -0.477 e. The minimum absolute atomic E-state index is 0.738. The monoisotopic (exact) mass is 338 g/mol. The van der Waals surface area contributed by atoms with E-state index in [2.05, 4.69) is 0 Å². The van der Waals surface area contributed by atoms with Crippen LogP contribution in [0.4, 0.5) is 30.8 Å². The fraction of sp³-hybridized carbons (Fsp3) is 0. The quantitative estimate of drug-likeness (QED) is 0.505. The number of hydrogen-bond acceptors (Lipinski definition) is 5. The average molecular weight is 338 g/mol. The Hall–Kier alpha value is -2.51. The lowest BCUT2D eigenvalue weighted by Gasteiger charge is -2.40. The molecule has 0 aliphatic heterocycles. The number of nitro groups is 2. The Morgan fingerprint density at radius 1 is 1.00 bits per heavy atom. The van der Waals surface area contributed by atoms with E-state index < -0.39 is 60.0 Å². The molecule has 1 N–H and O–H groups in total. The van der Waals surface area contributed by atoms with E-state index >= 15 is 0 Å². The van der Waals surface area contributed by atoms with Crippen molar-refractivity contribution in [3.05, 3.63) is 37.9 Å². The molecule has 0 amide bonds. The van der Waals surface area contributed by atoms with Gasteiger partial charge >= 0.3 is 16.2 Å². The highest BCUT2D eigenvalue weighted by Crippen LogP contribution is 3.02. The van der Waals surface area contributed by atoms with Gasteiger partial charge in [-0.2, -0.15) is 0 Å². The van der Waals surface area contributed by atoms with Gasteiger partial charge in [0.15, 0.2) is 0 Å². The Morgan fingerprint density at radius 2 is 1.33 bits per heavy atom. The van der Waals surface area contributed by atoms with Crippen LogP contribution in [-0.2, 0) is 0 Å². The second-order valence-electron chi connectivity index (χ2n) is 3.62. The molecular weight excluding hydrogens is 335 g/mol. The molecule has 0 spiro atoms. The first-order valence-corrected chi connectivity index (χ1v) is 6.44. The number of hydrogen-bond donors (Lipinski definition) is 1. The molecular formula is C7H3F5N2O6S. The van der Waals surface area contributed by atoms with Gasteiger partial charge in [-0.3, -0.25) is 20.2 Å². The molecule has 0 aliphatic rings. The average Bonchev–Trinajstić information content (AvgIpc) is 2.23. The minimum atomic E-state index is -10.5. The van der Waals surface area contributed by atoms with Crippen LogP contribution < -0.4 is 0 Å². The largest absolute Gasteiger partial charge is 0.477 e. The second kappa shape index (κ2) is 3.78. The molecule has 0 saturated heterocycles. The van der Waals surface area contributed by atoms with E-state index in [1.54, 1.807) is 0 Å². The maximum atomic E-state index is 12.6. The first kappa shape index (κ1) is 16.5. The normalized spacial score (nSPS) is 14.9. The van der Waals surface area contributed by atoms with Crippen molar-refractivity contribution < 1.29 is 39.2 Å². The lowest BCUT2D eigenvalue weighted by atomic mass is 10.1. The van der Waals surface area contributed by atoms with Crippen molar-refractivity contribution >= 4 is 27.6 Å². The number of carboxylic acid groups (broad SMARTS) is 1. The van der Waals surface area contributed by atoms with Crippen LogP contribution in [0.15, 0.2) is 17.0 Å². The summed E-state index contributed by atoms with van der Waals surface area (Å²) in [5, 5.41) is 29.6. The number of nitro benzene ring substituents is 2. The van der Waals surface area contributed by atoms with Gasteiger partial charge in [0.1, 0.15) is 4.90 Å². The maximum Gasteiger partial charge on any atom is 0.349 e. The number of rotatable bonds is 4. The Balaban J connectivity index is 3.99. The first-order chi connectivity index (χ1) is 9.04. The standard InChI is InChI=1S/C7H3F5N2O6S/c8-21(9,10,11,12)3-1-4(13(17)18)6(7(15)16)5(2-3)14(19)20/h1-2H,(H,15,16). The van der Waals surface area contributed by atoms with Crippen molar-refractivity contribution in [2.24, 2.45) is 0 Å². The van der Waals surface area contributed by atoms with Gasteiger partial charge in [0.05, 0.1) is 9.85 Å². The van der Waals surface area contributed by atoms with Gasteiger partial charge in [0.25, 0.3) is 11.4 Å². The number of carboxylic acids is 1. The Kier molecular flexibility index (Phi) is 2.97. The van der Waals surface area contributed by atoms with Crippen LogP contribution >= 0.6 is 10.2 Å². The number of halogens is 5. The van der Waals surface area contributed by atoms with Gasteiger partial charge < -0.3 is 5.11 Å². The molecule has 1 aromatic carbocycles. The van der Waals surface area contributed by atoms with Crippen molar-refractivity contribution in [2.45, 2.75) is 4.90 Å². The summed E-state index contributed by atoms with van der Waals surface area (Å²) in [6.45, 7) is 0. The molecule has 0 aromatic heterocycles. The molecule has 118 valence electrons. The third-order valence-corrected chi connectivity index (χ3v) is 3.25. The van der Waals surface area contributed by atoms with Crippen LogP contribution in [0.2, 0.25) is 0 Å². The molecule has 0 unspecified atom stereocenters. The van der Waals surface area contributed by atoms with Crippen LogP contribution in [0.1, 0.15) is 10.4 Å². The molecule has 14 heteroatoms. The third-order valence-electron chi connectivity index (χ3n) is 2.12. The summed E-state index contributed by atoms with van der Waals surface area (Å²) in [6.07, 6.45) is 0. The fourth-order valence-electron chi connectivity index (χ4n) is 1.32. The Bertz CT molecular complexity index is 652. The summed E-state index contributed by atoms with van der Waals surface area (Å²) in [5.41, 5.74) is -5.64. The van der Waals surface area contributed by atoms with E-state index in [-0.39, 0.29) is 0 Å². The van der Waals surface area contributed by atoms with Crippen LogP contribution in [0, 0.1) is 20.2 Å². The first-order valence-electron chi connectivity index (χ1n) is 4.49. The second-order valence-corrected chi connectivity index (χ2v) is 6.03. The van der Waals surface area contributed by atoms with E-state index in [9.17, 15) is 44.5 Å². The SMILES string of the molecule is O=C(O)c1c([N+](=O)[O-])cc(S(F)(F)(F)(F)F)cc1[N+](=O)[O-]. The van der Waals surface area contributed by atoms with E-state index in [0.29, 0.717) is 0 Å². The molecule has 0 atom stereocenters. The van der Waals surface area contributed by atoms with Crippen molar-refractivity contribution in [3.63, 3.8) is 0 Å². The molecule has 0 aliphatic carbocycles. The van der Waals surface area contributed by atoms with E-state index in [1.165, 1.54) is 0 Å². The Morgan fingerprint density at radius 3 is 1.52 bits per heavy atom. The highest BCUT2D eigenvalue weighted by Gasteiger charge is 2.66. The summed E-state index contributed by atoms with van der Waals surface area (Å²) in [5.74, 6) is -2.30. The van der Waals surface area contributed by atoms with Crippen LogP contribution in [0.5, 0.6) is 0 Å². The zero-order chi connectivity index (χ0) is 16.9. The zero-order valence-corrected chi connectivity index (χ0v) is 10.2. The number of benzene rings is 1. The predicted octanol–water partition coefficient (Wildman–Crippen LogP) is 3.86. The molecule has 1 rings (SSSR count). The maximum absolute atomic E-state index is 12.6. The summed E-state index contributed by atoms with van der Waals surface area (Å²) in [7, 11) is -10.5. The highest BCUT2D eigenvalue weighted by molar-refractivity contribution is 8.45. The predicted molar refractivity (Wildman–Crippen MR) is 58.1 cm³/mol. The smallest absolute Gasteiger partial charge is 0.349 e. The lowest BCUT2D eigenvalue weighted by molar-refractivity contribution is -0.395. The van der Waals surface area contributed by atoms with Gasteiger partial charge in [0.2, 0.25) is 5.56 Å². The molecule has 0 fully saturated rings. The molecule has 1 aromatic rings. The number of carbonyl (C=O) groups is 1. The lowest BCUT2D eigenvalue weighted by Crippen LogP contribution is -2.12. The van der Waals surface area contributed by atoms with Gasteiger partial charge in [0, 0.05) is 12.1 Å². The van der Waals surface area contributed by atoms with Crippen LogP contribution in [0.25, 0.3) is 0 Å². The van der Waals surface area contributed by atoms with Gasteiger partial charge in [-0.05, 0) is 0 Å². The summed E-state index contributed by atoms with van der Waals surface area (Å²) in [4.78, 5) is 25.3. The summed E-state index contributed by atoms with van der Waals surface area (Å²) >= 11 is 0. The molecule has 0 radical (unpaired) electrons. The zero-order valence-electron chi connectivity index (χ0n) is 9.34. The van der Waals surface area contributed by atoms with Gasteiger partial charge in [-0.15, -0.1) is 0 Å². The number of nitrogens with zero attached hydrogens (tertiary/aromatic N) is 2. The van der Waals surface area contributed by atoms with Crippen molar-refractivity contribution in [3.8, 4) is 0 Å². The van der Waals surface area contributed by atoms with Gasteiger partial charge in [-0.25, -0.2) is 4.79 Å². The Labute approximate surface area is 110 Å². The summed E-state index contributed by atoms with van der Waals surface area (Å²) < 4.78 is 62.9. The van der Waals surface area contributed by atoms with E-state index in [0.717, 1.165) is 0 Å². The van der Waals surface area contributed by atoms with Crippen molar-refractivity contribution in [2.75, 3.05) is 0 Å². The van der Waals surface area contributed by atoms with Crippen molar-refractivity contribution in [1.29, 1.82) is 0 Å². The van der Waals surface area contributed by atoms with E-state index in [1.807, 2.05) is 0 Å². The highest BCUT2D eigenvalue weighted by atomic mass is 32.5. The fourth-order valence-corrected chi connectivity index (χ4v) is 1.99.